The minimum Gasteiger partial charge on any atom is -0.355 e. The summed E-state index contributed by atoms with van der Waals surface area (Å²) in [6, 6.07) is 22.5. The van der Waals surface area contributed by atoms with E-state index >= 15 is 0 Å². The molecule has 0 fully saturated rings. The van der Waals surface area contributed by atoms with E-state index in [-0.39, 0.29) is 37.7 Å². The van der Waals surface area contributed by atoms with Gasteiger partial charge in [-0.15, -0.1) is 0 Å². The molecular weight excluding hydrogens is 557 g/mol. The molecule has 0 spiro atoms. The van der Waals surface area contributed by atoms with Crippen molar-refractivity contribution < 1.29 is 18.0 Å². The van der Waals surface area contributed by atoms with Crippen molar-refractivity contribution in [1.82, 2.24) is 10.2 Å². The van der Waals surface area contributed by atoms with Crippen molar-refractivity contribution in [2.45, 2.75) is 38.8 Å². The molecule has 0 heterocycles. The molecule has 0 aliphatic rings. The largest absolute Gasteiger partial charge is 0.355 e. The van der Waals surface area contributed by atoms with Crippen LogP contribution in [0, 0.1) is 0 Å². The SMILES string of the molecule is CCNC(=O)[C@@H](Cc1ccccc1)N(Cc1cccc(Cl)c1)C(=O)CCCN(c1cccc(Cl)c1)S(C)(=O)=O. The normalized spacial score (nSPS) is 12.0. The number of amides is 2. The summed E-state index contributed by atoms with van der Waals surface area (Å²) in [5.74, 6) is -0.518. The second kappa shape index (κ2) is 14.4. The summed E-state index contributed by atoms with van der Waals surface area (Å²) in [5.41, 5.74) is 2.13. The topological polar surface area (TPSA) is 86.8 Å². The first-order chi connectivity index (χ1) is 18.6. The first-order valence-electron chi connectivity index (χ1n) is 12.7. The molecule has 0 aromatic heterocycles. The van der Waals surface area contributed by atoms with Gasteiger partial charge in [-0.1, -0.05) is 71.7 Å². The maximum absolute atomic E-state index is 13.7. The number of likely N-dealkylation sites (N-methyl/N-ethyl adjacent to an activating group) is 1. The number of rotatable bonds is 13. The molecule has 0 aliphatic heterocycles. The van der Waals surface area contributed by atoms with E-state index in [1.54, 1.807) is 47.4 Å². The Hall–Kier alpha value is -3.07. The Morgan fingerprint density at radius 1 is 0.897 bits per heavy atom. The first kappa shape index (κ1) is 30.5. The van der Waals surface area contributed by atoms with Crippen LogP contribution in [-0.2, 0) is 32.6 Å². The molecule has 10 heteroatoms. The number of carbonyl (C=O) groups is 2. The standard InChI is InChI=1S/C29H33Cl2N3O4S/c1-3-32-29(36)27(19-22-10-5-4-6-11-22)33(21-23-12-7-13-24(30)18-23)28(35)16-9-17-34(39(2,37)38)26-15-8-14-25(31)20-26/h4-8,10-15,18,20,27H,3,9,16-17,19,21H2,1-2H3,(H,32,36)/t27-/m1/s1. The fourth-order valence-electron chi connectivity index (χ4n) is 4.31. The maximum atomic E-state index is 13.7. The minimum absolute atomic E-state index is 0.0395. The Kier molecular flexibility index (Phi) is 11.2. The molecule has 0 saturated carbocycles. The van der Waals surface area contributed by atoms with Crippen molar-refractivity contribution in [2.75, 3.05) is 23.7 Å². The summed E-state index contributed by atoms with van der Waals surface area (Å²) in [4.78, 5) is 28.5. The van der Waals surface area contributed by atoms with Crippen LogP contribution in [0.2, 0.25) is 10.0 Å². The average Bonchev–Trinajstić information content (AvgIpc) is 2.88. The molecule has 0 saturated heterocycles. The predicted octanol–water partition coefficient (Wildman–Crippen LogP) is 5.32. The van der Waals surface area contributed by atoms with Crippen molar-refractivity contribution >= 4 is 50.7 Å². The quantitative estimate of drug-likeness (QED) is 0.292. The number of anilines is 1. The molecule has 0 bridgehead atoms. The molecular formula is C29H33Cl2N3O4S. The molecule has 3 aromatic rings. The van der Waals surface area contributed by atoms with E-state index in [1.165, 1.54) is 4.31 Å². The highest BCUT2D eigenvalue weighted by Gasteiger charge is 2.30. The van der Waals surface area contributed by atoms with Crippen molar-refractivity contribution in [3.63, 3.8) is 0 Å². The van der Waals surface area contributed by atoms with Crippen LogP contribution in [-0.4, -0.2) is 50.5 Å². The second-order valence-electron chi connectivity index (χ2n) is 9.17. The van der Waals surface area contributed by atoms with Crippen LogP contribution in [0.3, 0.4) is 0 Å². The summed E-state index contributed by atoms with van der Waals surface area (Å²) in [6.07, 6.45) is 1.73. The van der Waals surface area contributed by atoms with E-state index in [2.05, 4.69) is 5.32 Å². The first-order valence-corrected chi connectivity index (χ1v) is 15.3. The Morgan fingerprint density at radius 2 is 1.54 bits per heavy atom. The van der Waals surface area contributed by atoms with E-state index in [0.717, 1.165) is 17.4 Å². The third-order valence-corrected chi connectivity index (χ3v) is 7.78. The summed E-state index contributed by atoms with van der Waals surface area (Å²) in [6.45, 7) is 2.51. The maximum Gasteiger partial charge on any atom is 0.243 e. The van der Waals surface area contributed by atoms with Gasteiger partial charge in [0.2, 0.25) is 21.8 Å². The van der Waals surface area contributed by atoms with Crippen LogP contribution >= 0.6 is 23.2 Å². The lowest BCUT2D eigenvalue weighted by Crippen LogP contribution is -2.50. The van der Waals surface area contributed by atoms with Gasteiger partial charge in [-0.2, -0.15) is 0 Å². The van der Waals surface area contributed by atoms with E-state index in [1.807, 2.05) is 43.3 Å². The van der Waals surface area contributed by atoms with Gasteiger partial charge in [0.05, 0.1) is 11.9 Å². The highest BCUT2D eigenvalue weighted by molar-refractivity contribution is 7.92. The van der Waals surface area contributed by atoms with Crippen molar-refractivity contribution in [1.29, 1.82) is 0 Å². The molecule has 0 radical (unpaired) electrons. The molecule has 39 heavy (non-hydrogen) atoms. The monoisotopic (exact) mass is 589 g/mol. The predicted molar refractivity (Wildman–Crippen MR) is 157 cm³/mol. The number of hydrogen-bond acceptors (Lipinski definition) is 4. The molecule has 0 aliphatic carbocycles. The van der Waals surface area contributed by atoms with Gasteiger partial charge in [-0.3, -0.25) is 13.9 Å². The van der Waals surface area contributed by atoms with Gasteiger partial charge in [0.15, 0.2) is 0 Å². The summed E-state index contributed by atoms with van der Waals surface area (Å²) >= 11 is 12.3. The zero-order chi connectivity index (χ0) is 28.4. The van der Waals surface area contributed by atoms with E-state index < -0.39 is 16.1 Å². The van der Waals surface area contributed by atoms with E-state index in [0.29, 0.717) is 28.7 Å². The zero-order valence-electron chi connectivity index (χ0n) is 22.0. The molecule has 1 atom stereocenters. The summed E-state index contributed by atoms with van der Waals surface area (Å²) in [7, 11) is -3.61. The lowest BCUT2D eigenvalue weighted by molar-refractivity contribution is -0.141. The molecule has 0 unspecified atom stereocenters. The fraction of sp³-hybridized carbons (Fsp3) is 0.310. The number of nitrogens with one attached hydrogen (secondary N) is 1. The van der Waals surface area contributed by atoms with Gasteiger partial charge >= 0.3 is 0 Å². The fourth-order valence-corrected chi connectivity index (χ4v) is 5.67. The van der Waals surface area contributed by atoms with Crippen LogP contribution in [0.1, 0.15) is 30.9 Å². The van der Waals surface area contributed by atoms with Crippen molar-refractivity contribution in [2.24, 2.45) is 0 Å². The minimum atomic E-state index is -3.61. The number of hydrogen-bond donors (Lipinski definition) is 1. The van der Waals surface area contributed by atoms with Crippen molar-refractivity contribution in [3.8, 4) is 0 Å². The number of sulfonamides is 1. The highest BCUT2D eigenvalue weighted by Crippen LogP contribution is 2.23. The third-order valence-electron chi connectivity index (χ3n) is 6.11. The summed E-state index contributed by atoms with van der Waals surface area (Å²) in [5, 5.41) is 3.80. The molecule has 208 valence electrons. The Bertz CT molecular complexity index is 1370. The van der Waals surface area contributed by atoms with Gasteiger partial charge in [0.1, 0.15) is 6.04 Å². The molecule has 2 amide bonds. The van der Waals surface area contributed by atoms with Crippen LogP contribution in [0.5, 0.6) is 0 Å². The highest BCUT2D eigenvalue weighted by atomic mass is 35.5. The number of halogens is 2. The van der Waals surface area contributed by atoms with Crippen molar-refractivity contribution in [3.05, 3.63) is 100 Å². The molecule has 3 aromatic carbocycles. The van der Waals surface area contributed by atoms with Crippen LogP contribution in [0.4, 0.5) is 5.69 Å². The van der Waals surface area contributed by atoms with Crippen LogP contribution < -0.4 is 9.62 Å². The zero-order valence-corrected chi connectivity index (χ0v) is 24.3. The number of nitrogens with zero attached hydrogens (tertiary/aromatic N) is 2. The Balaban J connectivity index is 1.86. The lowest BCUT2D eigenvalue weighted by Gasteiger charge is -2.32. The summed E-state index contributed by atoms with van der Waals surface area (Å²) < 4.78 is 26.3. The van der Waals surface area contributed by atoms with E-state index in [9.17, 15) is 18.0 Å². The van der Waals surface area contributed by atoms with Gasteiger partial charge in [-0.25, -0.2) is 8.42 Å². The third kappa shape index (κ3) is 9.27. The number of benzene rings is 3. The van der Waals surface area contributed by atoms with E-state index in [4.69, 9.17) is 23.2 Å². The average molecular weight is 591 g/mol. The van der Waals surface area contributed by atoms with Crippen LogP contribution in [0.25, 0.3) is 0 Å². The van der Waals surface area contributed by atoms with Gasteiger partial charge in [0.25, 0.3) is 0 Å². The Labute approximate surface area is 240 Å². The van der Waals surface area contributed by atoms with Crippen LogP contribution in [0.15, 0.2) is 78.9 Å². The molecule has 1 N–H and O–H groups in total. The molecule has 7 nitrogen and oxygen atoms in total. The van der Waals surface area contributed by atoms with Gasteiger partial charge in [-0.05, 0) is 54.8 Å². The smallest absolute Gasteiger partial charge is 0.243 e. The number of carbonyl (C=O) groups excluding carboxylic acids is 2. The Morgan fingerprint density at radius 3 is 2.15 bits per heavy atom. The lowest BCUT2D eigenvalue weighted by atomic mass is 10.0. The molecule has 3 rings (SSSR count). The van der Waals surface area contributed by atoms with Gasteiger partial charge < -0.3 is 10.2 Å². The van der Waals surface area contributed by atoms with Gasteiger partial charge in [0, 0.05) is 42.5 Å². The second-order valence-corrected chi connectivity index (χ2v) is 11.9.